The Morgan fingerprint density at radius 1 is 1.38 bits per heavy atom. The number of hydrogen-bond acceptors (Lipinski definition) is 2. The van der Waals surface area contributed by atoms with Gasteiger partial charge in [-0.3, -0.25) is 9.79 Å². The van der Waals surface area contributed by atoms with E-state index < -0.39 is 0 Å². The number of ketones is 1. The first-order valence-electron chi connectivity index (χ1n) is 4.69. The van der Waals surface area contributed by atoms with E-state index in [1.807, 2.05) is 0 Å². The van der Waals surface area contributed by atoms with Crippen molar-refractivity contribution < 1.29 is 4.79 Å². The van der Waals surface area contributed by atoms with Gasteiger partial charge < -0.3 is 0 Å². The van der Waals surface area contributed by atoms with Gasteiger partial charge in [0.05, 0.1) is 5.70 Å². The minimum Gasteiger partial charge on any atom is -0.294 e. The molecular weight excluding hydrogens is 162 g/mol. The summed E-state index contributed by atoms with van der Waals surface area (Å²) in [5.41, 5.74) is 3.11. The predicted molar refractivity (Wildman–Crippen MR) is 52.7 cm³/mol. The second kappa shape index (κ2) is 2.95. The highest BCUT2D eigenvalue weighted by Crippen LogP contribution is 2.34. The van der Waals surface area contributed by atoms with E-state index in [1.165, 1.54) is 5.57 Å². The molecule has 68 valence electrons. The van der Waals surface area contributed by atoms with Crippen molar-refractivity contribution in [2.75, 3.05) is 0 Å². The Labute approximate surface area is 78.1 Å². The van der Waals surface area contributed by atoms with E-state index in [4.69, 9.17) is 0 Å². The van der Waals surface area contributed by atoms with Crippen LogP contribution in [0, 0.1) is 5.92 Å². The molecule has 1 aliphatic carbocycles. The molecule has 0 N–H and O–H groups in total. The van der Waals surface area contributed by atoms with Crippen LogP contribution in [0.15, 0.2) is 27.9 Å². The van der Waals surface area contributed by atoms with Gasteiger partial charge in [0.25, 0.3) is 0 Å². The molecule has 2 aliphatic rings. The number of rotatable bonds is 1. The summed E-state index contributed by atoms with van der Waals surface area (Å²) in [7, 11) is 0. The molecule has 0 aromatic heterocycles. The molecular formula is C11H13NO. The van der Waals surface area contributed by atoms with Crippen molar-refractivity contribution in [3.8, 4) is 0 Å². The van der Waals surface area contributed by atoms with Crippen LogP contribution < -0.4 is 0 Å². The number of allylic oxidation sites excluding steroid dienone is 3. The van der Waals surface area contributed by atoms with Gasteiger partial charge in [0.15, 0.2) is 5.78 Å². The molecule has 1 aliphatic heterocycles. The SMILES string of the molecule is CC(C)C1=CCC2=C1N=CCC2=O. The van der Waals surface area contributed by atoms with Crippen LogP contribution in [0.3, 0.4) is 0 Å². The van der Waals surface area contributed by atoms with E-state index in [9.17, 15) is 4.79 Å². The van der Waals surface area contributed by atoms with Gasteiger partial charge in [-0.2, -0.15) is 0 Å². The quantitative estimate of drug-likeness (QED) is 0.601. The molecule has 2 rings (SSSR count). The lowest BCUT2D eigenvalue weighted by Gasteiger charge is -2.12. The molecule has 0 unspecified atom stereocenters. The van der Waals surface area contributed by atoms with Crippen LogP contribution in [-0.4, -0.2) is 12.0 Å². The topological polar surface area (TPSA) is 29.4 Å². The van der Waals surface area contributed by atoms with Crippen LogP contribution in [0.25, 0.3) is 0 Å². The number of nitrogens with zero attached hydrogens (tertiary/aromatic N) is 1. The molecule has 2 heteroatoms. The summed E-state index contributed by atoms with van der Waals surface area (Å²) in [5.74, 6) is 0.715. The monoisotopic (exact) mass is 175 g/mol. The van der Waals surface area contributed by atoms with Gasteiger partial charge in [-0.05, 0) is 17.9 Å². The third-order valence-electron chi connectivity index (χ3n) is 2.54. The lowest BCUT2D eigenvalue weighted by atomic mass is 9.99. The van der Waals surface area contributed by atoms with Crippen LogP contribution in [-0.2, 0) is 4.79 Å². The van der Waals surface area contributed by atoms with Crippen molar-refractivity contribution in [3.63, 3.8) is 0 Å². The van der Waals surface area contributed by atoms with Gasteiger partial charge in [0.1, 0.15) is 0 Å². The van der Waals surface area contributed by atoms with Crippen LogP contribution in [0.5, 0.6) is 0 Å². The highest BCUT2D eigenvalue weighted by molar-refractivity contribution is 6.07. The number of hydrogen-bond donors (Lipinski definition) is 0. The molecule has 0 fully saturated rings. The minimum absolute atomic E-state index is 0.247. The number of Topliss-reactive ketones (excluding diaryl/α,β-unsaturated/α-hetero) is 1. The molecule has 0 saturated heterocycles. The van der Waals surface area contributed by atoms with Gasteiger partial charge in [-0.15, -0.1) is 0 Å². The third-order valence-corrected chi connectivity index (χ3v) is 2.54. The molecule has 0 saturated carbocycles. The maximum absolute atomic E-state index is 11.5. The van der Waals surface area contributed by atoms with Crippen LogP contribution in [0.4, 0.5) is 0 Å². The van der Waals surface area contributed by atoms with E-state index in [0.29, 0.717) is 12.3 Å². The van der Waals surface area contributed by atoms with E-state index >= 15 is 0 Å². The summed E-state index contributed by atoms with van der Waals surface area (Å²) in [6.07, 6.45) is 5.13. The predicted octanol–water partition coefficient (Wildman–Crippen LogP) is 2.27. The molecule has 13 heavy (non-hydrogen) atoms. The summed E-state index contributed by atoms with van der Waals surface area (Å²) in [6.45, 7) is 4.27. The van der Waals surface area contributed by atoms with Crippen molar-refractivity contribution >= 4 is 12.0 Å². The smallest absolute Gasteiger partial charge is 0.166 e. The lowest BCUT2D eigenvalue weighted by molar-refractivity contribution is -0.114. The average molecular weight is 175 g/mol. The number of carbonyl (C=O) groups excluding carboxylic acids is 1. The molecule has 0 aromatic carbocycles. The summed E-state index contributed by atoms with van der Waals surface area (Å²) in [5, 5.41) is 0. The van der Waals surface area contributed by atoms with E-state index in [2.05, 4.69) is 24.9 Å². The van der Waals surface area contributed by atoms with Crippen molar-refractivity contribution in [1.29, 1.82) is 0 Å². The van der Waals surface area contributed by atoms with Crippen LogP contribution >= 0.6 is 0 Å². The first-order chi connectivity index (χ1) is 6.20. The van der Waals surface area contributed by atoms with Crippen LogP contribution in [0.1, 0.15) is 26.7 Å². The van der Waals surface area contributed by atoms with Gasteiger partial charge in [0, 0.05) is 18.2 Å². The average Bonchev–Trinajstić information content (AvgIpc) is 2.48. The van der Waals surface area contributed by atoms with Gasteiger partial charge in [0.2, 0.25) is 0 Å². The van der Waals surface area contributed by atoms with Crippen molar-refractivity contribution in [2.24, 2.45) is 10.9 Å². The molecule has 0 amide bonds. The first-order valence-corrected chi connectivity index (χ1v) is 4.69. The van der Waals surface area contributed by atoms with Gasteiger partial charge >= 0.3 is 0 Å². The standard InChI is InChI=1S/C11H13NO/c1-7(2)8-3-4-9-10(13)5-6-12-11(8)9/h3,6-7H,4-5H2,1-2H3. The molecule has 0 radical (unpaired) electrons. The second-order valence-electron chi connectivity index (χ2n) is 3.78. The first kappa shape index (κ1) is 8.42. The van der Waals surface area contributed by atoms with Crippen molar-refractivity contribution in [3.05, 3.63) is 22.9 Å². The fourth-order valence-corrected chi connectivity index (χ4v) is 1.83. The Morgan fingerprint density at radius 3 is 2.85 bits per heavy atom. The van der Waals surface area contributed by atoms with E-state index in [-0.39, 0.29) is 5.78 Å². The van der Waals surface area contributed by atoms with Gasteiger partial charge in [-0.1, -0.05) is 19.9 Å². The summed E-state index contributed by atoms with van der Waals surface area (Å²) in [4.78, 5) is 15.8. The Kier molecular flexibility index (Phi) is 1.91. The fourth-order valence-electron chi connectivity index (χ4n) is 1.83. The van der Waals surface area contributed by atoms with Crippen LogP contribution in [0.2, 0.25) is 0 Å². The number of carbonyl (C=O) groups is 1. The van der Waals surface area contributed by atoms with E-state index in [0.717, 1.165) is 17.7 Å². The maximum atomic E-state index is 11.5. The summed E-state index contributed by atoms with van der Waals surface area (Å²) < 4.78 is 0. The largest absolute Gasteiger partial charge is 0.294 e. The lowest BCUT2D eigenvalue weighted by Crippen LogP contribution is -2.09. The van der Waals surface area contributed by atoms with Gasteiger partial charge in [-0.25, -0.2) is 0 Å². The zero-order valence-corrected chi connectivity index (χ0v) is 8.00. The highest BCUT2D eigenvalue weighted by Gasteiger charge is 2.25. The fraction of sp³-hybridized carbons (Fsp3) is 0.455. The molecule has 0 spiro atoms. The summed E-state index contributed by atoms with van der Waals surface area (Å²) in [6, 6.07) is 0. The number of aliphatic imine (C=N–C) groups is 1. The zero-order chi connectivity index (χ0) is 9.42. The molecule has 0 aromatic rings. The minimum atomic E-state index is 0.247. The Morgan fingerprint density at radius 2 is 2.15 bits per heavy atom. The third kappa shape index (κ3) is 1.26. The Balaban J connectivity index is 2.39. The Bertz CT molecular complexity index is 345. The Hall–Kier alpha value is -1.18. The molecule has 0 atom stereocenters. The summed E-state index contributed by atoms with van der Waals surface area (Å²) >= 11 is 0. The zero-order valence-electron chi connectivity index (χ0n) is 8.00. The molecule has 0 bridgehead atoms. The van der Waals surface area contributed by atoms with Crippen molar-refractivity contribution in [1.82, 2.24) is 0 Å². The normalized spacial score (nSPS) is 21.2. The van der Waals surface area contributed by atoms with E-state index in [1.54, 1.807) is 6.21 Å². The second-order valence-corrected chi connectivity index (χ2v) is 3.78. The molecule has 2 nitrogen and oxygen atoms in total. The molecule has 1 heterocycles. The highest BCUT2D eigenvalue weighted by atomic mass is 16.1. The van der Waals surface area contributed by atoms with Crippen molar-refractivity contribution in [2.45, 2.75) is 26.7 Å². The maximum Gasteiger partial charge on any atom is 0.166 e.